The van der Waals surface area contributed by atoms with Crippen molar-refractivity contribution in [2.75, 3.05) is 12.1 Å². The van der Waals surface area contributed by atoms with Crippen LogP contribution in [0.15, 0.2) is 60.8 Å². The summed E-state index contributed by atoms with van der Waals surface area (Å²) in [4.78, 5) is 16.5. The number of benzene rings is 2. The van der Waals surface area contributed by atoms with Gasteiger partial charge in [-0.05, 0) is 54.1 Å². The summed E-state index contributed by atoms with van der Waals surface area (Å²) in [6.45, 7) is 0.584. The Morgan fingerprint density at radius 3 is 2.57 bits per heavy atom. The Kier molecular flexibility index (Phi) is 4.76. The molecule has 0 saturated heterocycles. The van der Waals surface area contributed by atoms with Gasteiger partial charge in [0, 0.05) is 12.2 Å². The van der Waals surface area contributed by atoms with Gasteiger partial charge in [0.25, 0.3) is 5.91 Å². The molecule has 138 valence electrons. The maximum absolute atomic E-state index is 12.3. The van der Waals surface area contributed by atoms with Crippen molar-refractivity contribution in [1.82, 2.24) is 10.3 Å². The van der Waals surface area contributed by atoms with E-state index in [9.17, 15) is 4.79 Å². The molecule has 1 aliphatic heterocycles. The maximum Gasteiger partial charge on any atom is 0.270 e. The Balaban J connectivity index is 1.35. The van der Waals surface area contributed by atoms with Gasteiger partial charge in [-0.25, -0.2) is 4.98 Å². The Hall–Kier alpha value is -4.05. The fourth-order valence-electron chi connectivity index (χ4n) is 2.72. The van der Waals surface area contributed by atoms with E-state index in [0.717, 1.165) is 16.9 Å². The summed E-state index contributed by atoms with van der Waals surface area (Å²) in [6, 6.07) is 18.1. The van der Waals surface area contributed by atoms with Crippen molar-refractivity contribution in [1.29, 1.82) is 5.26 Å². The molecule has 0 unspecified atom stereocenters. The van der Waals surface area contributed by atoms with Crippen LogP contribution in [0.4, 0.5) is 11.4 Å². The van der Waals surface area contributed by atoms with Crippen LogP contribution in [0.1, 0.15) is 21.6 Å². The Morgan fingerprint density at radius 1 is 1.04 bits per heavy atom. The zero-order valence-corrected chi connectivity index (χ0v) is 14.8. The number of fused-ring (bicyclic) bond motifs is 1. The van der Waals surface area contributed by atoms with Crippen molar-refractivity contribution >= 4 is 17.3 Å². The molecule has 7 nitrogen and oxygen atoms in total. The summed E-state index contributed by atoms with van der Waals surface area (Å²) in [5, 5.41) is 14.8. The van der Waals surface area contributed by atoms with Gasteiger partial charge in [0.15, 0.2) is 11.5 Å². The van der Waals surface area contributed by atoms with E-state index in [0.29, 0.717) is 29.3 Å². The van der Waals surface area contributed by atoms with Gasteiger partial charge >= 0.3 is 0 Å². The third kappa shape index (κ3) is 3.86. The summed E-state index contributed by atoms with van der Waals surface area (Å²) in [7, 11) is 0. The third-order valence-corrected chi connectivity index (χ3v) is 4.19. The lowest BCUT2D eigenvalue weighted by Gasteiger charge is -2.08. The first kappa shape index (κ1) is 17.4. The van der Waals surface area contributed by atoms with Gasteiger partial charge in [-0.15, -0.1) is 0 Å². The van der Waals surface area contributed by atoms with Crippen molar-refractivity contribution in [3.05, 3.63) is 77.6 Å². The third-order valence-electron chi connectivity index (χ3n) is 4.19. The van der Waals surface area contributed by atoms with Crippen molar-refractivity contribution < 1.29 is 14.3 Å². The topological polar surface area (TPSA) is 96.3 Å². The Morgan fingerprint density at radius 2 is 1.82 bits per heavy atom. The summed E-state index contributed by atoms with van der Waals surface area (Å²) >= 11 is 0. The number of amides is 1. The van der Waals surface area contributed by atoms with E-state index >= 15 is 0 Å². The molecule has 0 aliphatic carbocycles. The fourth-order valence-corrected chi connectivity index (χ4v) is 2.72. The molecule has 3 aromatic rings. The second kappa shape index (κ2) is 7.68. The molecule has 0 bridgehead atoms. The second-order valence-electron chi connectivity index (χ2n) is 6.12. The number of nitrogens with zero attached hydrogens (tertiary/aromatic N) is 2. The average Bonchev–Trinajstić information content (AvgIpc) is 3.21. The van der Waals surface area contributed by atoms with Crippen LogP contribution >= 0.6 is 0 Å². The minimum absolute atomic E-state index is 0.220. The van der Waals surface area contributed by atoms with Crippen molar-refractivity contribution in [2.45, 2.75) is 6.54 Å². The number of pyridine rings is 1. The van der Waals surface area contributed by atoms with Crippen molar-refractivity contribution in [3.8, 4) is 17.6 Å². The average molecular weight is 372 g/mol. The van der Waals surface area contributed by atoms with Gasteiger partial charge in [-0.1, -0.05) is 6.07 Å². The quantitative estimate of drug-likeness (QED) is 0.713. The number of nitriles is 1. The van der Waals surface area contributed by atoms with Crippen molar-refractivity contribution in [2.24, 2.45) is 0 Å². The number of carbonyl (C=O) groups excluding carboxylic acids is 1. The molecular formula is C21H16N4O3. The number of aromatic nitrogens is 1. The first-order valence-corrected chi connectivity index (χ1v) is 8.61. The van der Waals surface area contributed by atoms with Crippen LogP contribution in [0.2, 0.25) is 0 Å². The van der Waals surface area contributed by atoms with Crippen LogP contribution in [-0.4, -0.2) is 17.7 Å². The molecule has 0 fully saturated rings. The number of hydrogen-bond acceptors (Lipinski definition) is 6. The SMILES string of the molecule is N#Cc1ccc(Nc2ccc(C(=O)NCc3ccc4c(c3)OCO4)nc2)cc1. The summed E-state index contributed by atoms with van der Waals surface area (Å²) in [5.74, 6) is 1.13. The largest absolute Gasteiger partial charge is 0.454 e. The van der Waals surface area contributed by atoms with Gasteiger partial charge in [0.2, 0.25) is 6.79 Å². The predicted octanol–water partition coefficient (Wildman–Crippen LogP) is 3.36. The molecule has 4 rings (SSSR count). The van der Waals surface area contributed by atoms with Crippen LogP contribution in [0, 0.1) is 11.3 Å². The molecule has 0 spiro atoms. The molecule has 1 aromatic heterocycles. The lowest BCUT2D eigenvalue weighted by atomic mass is 10.2. The highest BCUT2D eigenvalue weighted by atomic mass is 16.7. The molecule has 2 aromatic carbocycles. The zero-order valence-electron chi connectivity index (χ0n) is 14.8. The van der Waals surface area contributed by atoms with Crippen LogP contribution in [0.3, 0.4) is 0 Å². The molecule has 1 aliphatic rings. The van der Waals surface area contributed by atoms with E-state index in [1.54, 1.807) is 30.5 Å². The van der Waals surface area contributed by atoms with Crippen molar-refractivity contribution in [3.63, 3.8) is 0 Å². The van der Waals surface area contributed by atoms with E-state index in [1.807, 2.05) is 30.3 Å². The minimum Gasteiger partial charge on any atom is -0.454 e. The Bertz CT molecular complexity index is 1040. The van der Waals surface area contributed by atoms with Gasteiger partial charge < -0.3 is 20.1 Å². The van der Waals surface area contributed by atoms with Crippen LogP contribution in [0.25, 0.3) is 0 Å². The van der Waals surface area contributed by atoms with E-state index in [4.69, 9.17) is 14.7 Å². The van der Waals surface area contributed by atoms with Crippen LogP contribution in [0.5, 0.6) is 11.5 Å². The standard InChI is InChI=1S/C21H16N4O3/c22-10-14-1-4-16(5-2-14)25-17-6-7-18(23-12-17)21(26)24-11-15-3-8-19-20(9-15)28-13-27-19/h1-9,12,25H,11,13H2,(H,24,26). The molecule has 0 saturated carbocycles. The lowest BCUT2D eigenvalue weighted by Crippen LogP contribution is -2.23. The lowest BCUT2D eigenvalue weighted by molar-refractivity contribution is 0.0946. The smallest absolute Gasteiger partial charge is 0.270 e. The monoisotopic (exact) mass is 372 g/mol. The van der Waals surface area contributed by atoms with Gasteiger partial charge in [-0.2, -0.15) is 5.26 Å². The zero-order chi connectivity index (χ0) is 19.3. The molecule has 28 heavy (non-hydrogen) atoms. The van der Waals surface area contributed by atoms with E-state index in [1.165, 1.54) is 0 Å². The maximum atomic E-state index is 12.3. The number of rotatable bonds is 5. The number of nitrogens with one attached hydrogen (secondary N) is 2. The van der Waals surface area contributed by atoms with Crippen LogP contribution < -0.4 is 20.1 Å². The molecule has 2 heterocycles. The van der Waals surface area contributed by atoms with E-state index in [2.05, 4.69) is 21.7 Å². The second-order valence-corrected chi connectivity index (χ2v) is 6.12. The summed E-state index contributed by atoms with van der Waals surface area (Å²) in [5.41, 5.74) is 3.42. The first-order valence-electron chi connectivity index (χ1n) is 8.61. The summed E-state index contributed by atoms with van der Waals surface area (Å²) < 4.78 is 10.6. The highest BCUT2D eigenvalue weighted by Crippen LogP contribution is 2.32. The van der Waals surface area contributed by atoms with E-state index < -0.39 is 0 Å². The molecule has 0 radical (unpaired) electrons. The predicted molar refractivity (Wildman–Crippen MR) is 102 cm³/mol. The molecule has 2 N–H and O–H groups in total. The van der Waals surface area contributed by atoms with Gasteiger partial charge in [0.05, 0.1) is 23.5 Å². The highest BCUT2D eigenvalue weighted by molar-refractivity contribution is 5.92. The molecule has 0 atom stereocenters. The first-order chi connectivity index (χ1) is 13.7. The Labute approximate surface area is 161 Å². The molecular weight excluding hydrogens is 356 g/mol. The number of anilines is 2. The number of hydrogen-bond donors (Lipinski definition) is 2. The highest BCUT2D eigenvalue weighted by Gasteiger charge is 2.14. The normalized spacial score (nSPS) is 11.5. The minimum atomic E-state index is -0.261. The number of ether oxygens (including phenoxy) is 2. The molecule has 1 amide bonds. The number of carbonyl (C=O) groups is 1. The van der Waals surface area contributed by atoms with Crippen LogP contribution in [-0.2, 0) is 6.54 Å². The van der Waals surface area contributed by atoms with E-state index in [-0.39, 0.29) is 12.7 Å². The molecule has 7 heteroatoms. The fraction of sp³-hybridized carbons (Fsp3) is 0.0952. The van der Waals surface area contributed by atoms with Gasteiger partial charge in [-0.3, -0.25) is 4.79 Å². The summed E-state index contributed by atoms with van der Waals surface area (Å²) in [6.07, 6.45) is 1.59. The van der Waals surface area contributed by atoms with Gasteiger partial charge in [0.1, 0.15) is 5.69 Å².